The Kier molecular flexibility index (Phi) is 3.41. The van der Waals surface area contributed by atoms with Crippen LogP contribution < -0.4 is 0 Å². The van der Waals surface area contributed by atoms with Crippen LogP contribution in [-0.2, 0) is 11.3 Å². The molecule has 3 rings (SSSR count). The van der Waals surface area contributed by atoms with E-state index in [1.807, 2.05) is 18.2 Å². The van der Waals surface area contributed by atoms with E-state index in [0.29, 0.717) is 10.9 Å². The molecule has 1 fully saturated rings. The fraction of sp³-hybridized carbons (Fsp3) is 0.385. The summed E-state index contributed by atoms with van der Waals surface area (Å²) in [4.78, 5) is 15.2. The van der Waals surface area contributed by atoms with E-state index in [9.17, 15) is 4.79 Å². The molecule has 1 aliphatic carbocycles. The van der Waals surface area contributed by atoms with Gasteiger partial charge >= 0.3 is 5.97 Å². The number of benzene rings is 1. The topological polar surface area (TPSA) is 55.1 Å². The Morgan fingerprint density at radius 1 is 1.53 bits per heavy atom. The maximum absolute atomic E-state index is 10.7. The molecule has 0 radical (unpaired) electrons. The first-order valence-electron chi connectivity index (χ1n) is 6.14. The van der Waals surface area contributed by atoms with Gasteiger partial charge in [-0.3, -0.25) is 4.79 Å². The van der Waals surface area contributed by atoms with E-state index in [0.717, 1.165) is 22.7 Å². The summed E-state index contributed by atoms with van der Waals surface area (Å²) >= 11 is 7.30. The van der Waals surface area contributed by atoms with Crippen LogP contribution in [0.2, 0.25) is 5.02 Å². The molecule has 0 unspecified atom stereocenters. The molecule has 0 aliphatic heterocycles. The van der Waals surface area contributed by atoms with Gasteiger partial charge in [0.2, 0.25) is 0 Å². The highest BCUT2D eigenvalue weighted by atomic mass is 35.5. The molecule has 1 N–H and O–H groups in total. The number of rotatable bonds is 5. The predicted molar refractivity (Wildman–Crippen MR) is 75.8 cm³/mol. The van der Waals surface area contributed by atoms with E-state index >= 15 is 0 Å². The Labute approximate surface area is 119 Å². The van der Waals surface area contributed by atoms with Crippen molar-refractivity contribution in [3.8, 4) is 0 Å². The average Bonchev–Trinajstić information content (AvgIpc) is 3.11. The van der Waals surface area contributed by atoms with E-state index in [-0.39, 0.29) is 5.75 Å². The first kappa shape index (κ1) is 12.8. The Morgan fingerprint density at radius 3 is 3.00 bits per heavy atom. The zero-order valence-electron chi connectivity index (χ0n) is 10.2. The van der Waals surface area contributed by atoms with Crippen LogP contribution in [-0.4, -0.2) is 26.4 Å². The zero-order chi connectivity index (χ0) is 13.4. The van der Waals surface area contributed by atoms with Crippen LogP contribution in [0.3, 0.4) is 0 Å². The number of imidazole rings is 1. The van der Waals surface area contributed by atoms with Gasteiger partial charge < -0.3 is 9.67 Å². The van der Waals surface area contributed by atoms with Crippen molar-refractivity contribution in [3.63, 3.8) is 0 Å². The number of hydrogen-bond acceptors (Lipinski definition) is 3. The number of thioether (sulfide) groups is 1. The molecule has 4 nitrogen and oxygen atoms in total. The highest BCUT2D eigenvalue weighted by Gasteiger charge is 2.24. The highest BCUT2D eigenvalue weighted by molar-refractivity contribution is 7.99. The number of carbonyl (C=O) groups is 1. The van der Waals surface area contributed by atoms with Gasteiger partial charge in [0.1, 0.15) is 0 Å². The normalized spacial score (nSPS) is 15.0. The molecule has 1 aliphatic rings. The summed E-state index contributed by atoms with van der Waals surface area (Å²) < 4.78 is 2.10. The second-order valence-electron chi connectivity index (χ2n) is 4.76. The molecule has 0 amide bonds. The lowest BCUT2D eigenvalue weighted by atomic mass is 10.3. The van der Waals surface area contributed by atoms with Crippen LogP contribution in [0, 0.1) is 5.92 Å². The molecule has 1 heterocycles. The quantitative estimate of drug-likeness (QED) is 0.860. The molecule has 0 atom stereocenters. The standard InChI is InChI=1S/C13H13ClN2O2S/c14-9-3-4-10-11(5-9)16(6-8-1-2-8)13(15-10)19-7-12(17)18/h3-5,8H,1-2,6-7H2,(H,17,18). The summed E-state index contributed by atoms with van der Waals surface area (Å²) in [5.41, 5.74) is 1.87. The van der Waals surface area contributed by atoms with Gasteiger partial charge in [-0.15, -0.1) is 0 Å². The summed E-state index contributed by atoms with van der Waals surface area (Å²) in [6.45, 7) is 0.902. The van der Waals surface area contributed by atoms with E-state index < -0.39 is 5.97 Å². The van der Waals surface area contributed by atoms with Crippen molar-refractivity contribution >= 4 is 40.4 Å². The van der Waals surface area contributed by atoms with Gasteiger partial charge in [-0.1, -0.05) is 23.4 Å². The number of nitrogens with zero attached hydrogens (tertiary/aromatic N) is 2. The number of carboxylic acids is 1. The van der Waals surface area contributed by atoms with Gasteiger partial charge in [0.05, 0.1) is 16.8 Å². The summed E-state index contributed by atoms with van der Waals surface area (Å²) in [5.74, 6) is -0.101. The van der Waals surface area contributed by atoms with Crippen LogP contribution in [0.4, 0.5) is 0 Å². The zero-order valence-corrected chi connectivity index (χ0v) is 11.7. The molecule has 100 valence electrons. The summed E-state index contributed by atoms with van der Waals surface area (Å²) in [6.07, 6.45) is 2.48. The van der Waals surface area contributed by atoms with Gasteiger partial charge in [0, 0.05) is 11.6 Å². The van der Waals surface area contributed by atoms with Crippen LogP contribution in [0.15, 0.2) is 23.4 Å². The van der Waals surface area contributed by atoms with Crippen molar-refractivity contribution in [2.45, 2.75) is 24.5 Å². The molecule has 2 aromatic rings. The van der Waals surface area contributed by atoms with Crippen molar-refractivity contribution in [2.24, 2.45) is 5.92 Å². The summed E-state index contributed by atoms with van der Waals surface area (Å²) in [5, 5.41) is 10.2. The fourth-order valence-electron chi connectivity index (χ4n) is 2.05. The summed E-state index contributed by atoms with van der Waals surface area (Å²) in [7, 11) is 0. The highest BCUT2D eigenvalue weighted by Crippen LogP contribution is 2.34. The minimum atomic E-state index is -0.826. The summed E-state index contributed by atoms with van der Waals surface area (Å²) in [6, 6.07) is 5.59. The number of carboxylic acid groups (broad SMARTS) is 1. The predicted octanol–water partition coefficient (Wildman–Crippen LogP) is 3.28. The monoisotopic (exact) mass is 296 g/mol. The van der Waals surface area contributed by atoms with Crippen LogP contribution in [0.5, 0.6) is 0 Å². The van der Waals surface area contributed by atoms with E-state index in [4.69, 9.17) is 16.7 Å². The molecule has 0 bridgehead atoms. The molecular formula is C13H13ClN2O2S. The van der Waals surface area contributed by atoms with Crippen LogP contribution in [0.25, 0.3) is 11.0 Å². The second-order valence-corrected chi connectivity index (χ2v) is 6.14. The van der Waals surface area contributed by atoms with Gasteiger partial charge in [-0.05, 0) is 37.0 Å². The Bertz CT molecular complexity index is 637. The maximum atomic E-state index is 10.7. The Balaban J connectivity index is 2.00. The van der Waals surface area contributed by atoms with Gasteiger partial charge in [-0.2, -0.15) is 0 Å². The van der Waals surface area contributed by atoms with E-state index in [1.54, 1.807) is 0 Å². The lowest BCUT2D eigenvalue weighted by Gasteiger charge is -2.07. The van der Waals surface area contributed by atoms with Crippen molar-refractivity contribution in [3.05, 3.63) is 23.2 Å². The fourth-order valence-corrected chi connectivity index (χ4v) is 2.96. The Hall–Kier alpha value is -1.20. The molecular weight excluding hydrogens is 284 g/mol. The first-order valence-corrected chi connectivity index (χ1v) is 7.50. The van der Waals surface area contributed by atoms with Gasteiger partial charge in [0.15, 0.2) is 5.16 Å². The van der Waals surface area contributed by atoms with Gasteiger partial charge in [-0.25, -0.2) is 4.98 Å². The van der Waals surface area contributed by atoms with E-state index in [1.165, 1.54) is 24.6 Å². The Morgan fingerprint density at radius 2 is 2.32 bits per heavy atom. The van der Waals surface area contributed by atoms with E-state index in [2.05, 4.69) is 9.55 Å². The number of aromatic nitrogens is 2. The number of halogens is 1. The number of fused-ring (bicyclic) bond motifs is 1. The lowest BCUT2D eigenvalue weighted by molar-refractivity contribution is -0.133. The molecule has 1 aromatic heterocycles. The van der Waals surface area contributed by atoms with Gasteiger partial charge in [0.25, 0.3) is 0 Å². The first-order chi connectivity index (χ1) is 9.13. The van der Waals surface area contributed by atoms with Crippen LogP contribution in [0.1, 0.15) is 12.8 Å². The second kappa shape index (κ2) is 5.06. The molecule has 6 heteroatoms. The third-order valence-corrected chi connectivity index (χ3v) is 4.33. The molecule has 0 spiro atoms. The largest absolute Gasteiger partial charge is 0.481 e. The third kappa shape index (κ3) is 2.87. The smallest absolute Gasteiger partial charge is 0.313 e. The SMILES string of the molecule is O=C(O)CSc1nc2ccc(Cl)cc2n1CC1CC1. The number of aliphatic carboxylic acids is 1. The minimum Gasteiger partial charge on any atom is -0.481 e. The van der Waals surface area contributed by atoms with Crippen LogP contribution >= 0.6 is 23.4 Å². The van der Waals surface area contributed by atoms with Crippen molar-refractivity contribution in [1.82, 2.24) is 9.55 Å². The van der Waals surface area contributed by atoms with Crippen molar-refractivity contribution in [2.75, 3.05) is 5.75 Å². The lowest BCUT2D eigenvalue weighted by Crippen LogP contribution is -2.04. The van der Waals surface area contributed by atoms with Crippen molar-refractivity contribution in [1.29, 1.82) is 0 Å². The average molecular weight is 297 g/mol. The molecule has 19 heavy (non-hydrogen) atoms. The molecule has 0 saturated heterocycles. The van der Waals surface area contributed by atoms with Crippen molar-refractivity contribution < 1.29 is 9.90 Å². The maximum Gasteiger partial charge on any atom is 0.313 e. The molecule has 1 aromatic carbocycles. The third-order valence-electron chi connectivity index (χ3n) is 3.14. The minimum absolute atomic E-state index is 0.0295. The number of hydrogen-bond donors (Lipinski definition) is 1. The molecule has 1 saturated carbocycles.